The fourth-order valence-electron chi connectivity index (χ4n) is 3.01. The van der Waals surface area contributed by atoms with Crippen LogP contribution in [0.3, 0.4) is 0 Å². The number of rotatable bonds is 4. The molecule has 3 amide bonds. The third-order valence-electron chi connectivity index (χ3n) is 4.56. The van der Waals surface area contributed by atoms with Gasteiger partial charge >= 0.3 is 0 Å². The quantitative estimate of drug-likeness (QED) is 0.612. The molecule has 3 aromatic rings. The van der Waals surface area contributed by atoms with Gasteiger partial charge in [-0.3, -0.25) is 19.3 Å². The monoisotopic (exact) mass is 438 g/mol. The molecule has 6 nitrogen and oxygen atoms in total. The van der Waals surface area contributed by atoms with Gasteiger partial charge in [0.05, 0.1) is 23.9 Å². The van der Waals surface area contributed by atoms with Crippen LogP contribution in [0.25, 0.3) is 0 Å². The van der Waals surface area contributed by atoms with Gasteiger partial charge in [-0.2, -0.15) is 0 Å². The summed E-state index contributed by atoms with van der Waals surface area (Å²) < 4.78 is 6.11. The molecule has 0 spiro atoms. The fourth-order valence-corrected chi connectivity index (χ4v) is 3.39. The summed E-state index contributed by atoms with van der Waals surface area (Å²) in [5.74, 6) is -0.685. The van der Waals surface area contributed by atoms with Crippen LogP contribution in [-0.2, 0) is 6.54 Å². The van der Waals surface area contributed by atoms with Crippen molar-refractivity contribution in [3.05, 3.63) is 87.3 Å². The number of carbonyl (C=O) groups excluding carboxylic acids is 3. The maximum Gasteiger partial charge on any atom is 0.261 e. The number of hydrogen-bond donors (Lipinski definition) is 1. The van der Waals surface area contributed by atoms with Crippen molar-refractivity contribution in [2.75, 3.05) is 5.32 Å². The molecule has 0 bridgehead atoms. The topological polar surface area (TPSA) is 79.6 Å². The van der Waals surface area contributed by atoms with Crippen molar-refractivity contribution >= 4 is 39.3 Å². The molecule has 1 N–H and O–H groups in total. The molecule has 0 saturated heterocycles. The molecular formula is C21H15BrN2O4. The number of nitrogens with one attached hydrogen (secondary N) is 1. The van der Waals surface area contributed by atoms with Gasteiger partial charge in [-0.15, -0.1) is 0 Å². The normalized spacial score (nSPS) is 13.0. The Kier molecular flexibility index (Phi) is 4.60. The van der Waals surface area contributed by atoms with Crippen LogP contribution in [0.4, 0.5) is 5.69 Å². The van der Waals surface area contributed by atoms with Crippen molar-refractivity contribution in [2.45, 2.75) is 13.5 Å². The molecule has 2 heterocycles. The predicted octanol–water partition coefficient (Wildman–Crippen LogP) is 4.40. The Bertz CT molecular complexity index is 1110. The third kappa shape index (κ3) is 3.25. The first-order valence-electron chi connectivity index (χ1n) is 8.54. The van der Waals surface area contributed by atoms with E-state index < -0.39 is 11.8 Å². The summed E-state index contributed by atoms with van der Waals surface area (Å²) in [6.07, 6.45) is 1.49. The predicted molar refractivity (Wildman–Crippen MR) is 106 cm³/mol. The molecule has 140 valence electrons. The Labute approximate surface area is 169 Å². The number of anilines is 1. The highest BCUT2D eigenvalue weighted by atomic mass is 79.9. The average molecular weight is 439 g/mol. The Hall–Kier alpha value is -3.19. The van der Waals surface area contributed by atoms with Crippen LogP contribution in [0.2, 0.25) is 0 Å². The lowest BCUT2D eigenvalue weighted by atomic mass is 10.1. The summed E-state index contributed by atoms with van der Waals surface area (Å²) in [6, 6.07) is 13.4. The van der Waals surface area contributed by atoms with E-state index in [1.54, 1.807) is 30.3 Å². The highest BCUT2D eigenvalue weighted by Gasteiger charge is 2.36. The molecule has 1 aromatic heterocycles. The van der Waals surface area contributed by atoms with Crippen LogP contribution in [0.5, 0.6) is 0 Å². The molecule has 0 unspecified atom stereocenters. The van der Waals surface area contributed by atoms with Gasteiger partial charge in [-0.25, -0.2) is 0 Å². The van der Waals surface area contributed by atoms with E-state index >= 15 is 0 Å². The first kappa shape index (κ1) is 18.2. The smallest absolute Gasteiger partial charge is 0.261 e. The first-order chi connectivity index (χ1) is 13.4. The van der Waals surface area contributed by atoms with E-state index in [1.807, 2.05) is 13.0 Å². The second kappa shape index (κ2) is 7.09. The van der Waals surface area contributed by atoms with Crippen LogP contribution in [-0.4, -0.2) is 22.6 Å². The minimum absolute atomic E-state index is 0.0538. The molecule has 2 aromatic carbocycles. The van der Waals surface area contributed by atoms with Crippen LogP contribution in [0.15, 0.2) is 63.7 Å². The van der Waals surface area contributed by atoms with E-state index in [1.165, 1.54) is 18.4 Å². The second-order valence-corrected chi connectivity index (χ2v) is 7.31. The van der Waals surface area contributed by atoms with Gasteiger partial charge < -0.3 is 9.73 Å². The molecular weight excluding hydrogens is 424 g/mol. The van der Waals surface area contributed by atoms with Crippen molar-refractivity contribution in [1.82, 2.24) is 4.90 Å². The Balaban J connectivity index is 1.57. The molecule has 0 fully saturated rings. The highest BCUT2D eigenvalue weighted by Crippen LogP contribution is 2.26. The lowest BCUT2D eigenvalue weighted by molar-refractivity contribution is 0.0631. The Morgan fingerprint density at radius 3 is 2.57 bits per heavy atom. The number of amides is 3. The van der Waals surface area contributed by atoms with Crippen LogP contribution in [0, 0.1) is 6.92 Å². The summed E-state index contributed by atoms with van der Waals surface area (Å²) in [5, 5.41) is 2.80. The number of benzene rings is 2. The summed E-state index contributed by atoms with van der Waals surface area (Å²) >= 11 is 3.43. The number of aryl methyl sites for hydroxylation is 1. The molecule has 7 heteroatoms. The Morgan fingerprint density at radius 2 is 1.86 bits per heavy atom. The zero-order chi connectivity index (χ0) is 19.8. The summed E-state index contributed by atoms with van der Waals surface area (Å²) in [4.78, 5) is 38.9. The van der Waals surface area contributed by atoms with Crippen LogP contribution < -0.4 is 5.32 Å². The molecule has 28 heavy (non-hydrogen) atoms. The van der Waals surface area contributed by atoms with Crippen molar-refractivity contribution in [2.24, 2.45) is 0 Å². The third-order valence-corrected chi connectivity index (χ3v) is 5.41. The Morgan fingerprint density at radius 1 is 1.07 bits per heavy atom. The first-order valence-corrected chi connectivity index (χ1v) is 9.33. The SMILES string of the molecule is Cc1ccc(NC(=O)c2ccc3c(c2)C(=O)N(Cc2ccco2)C3=O)cc1Br. The van der Waals surface area contributed by atoms with Gasteiger partial charge in [-0.05, 0) is 55.0 Å². The molecule has 0 aliphatic carbocycles. The van der Waals surface area contributed by atoms with Crippen LogP contribution in [0.1, 0.15) is 42.4 Å². The van der Waals surface area contributed by atoms with E-state index in [0.29, 0.717) is 17.0 Å². The highest BCUT2D eigenvalue weighted by molar-refractivity contribution is 9.10. The van der Waals surface area contributed by atoms with Crippen molar-refractivity contribution in [1.29, 1.82) is 0 Å². The second-order valence-electron chi connectivity index (χ2n) is 6.45. The van der Waals surface area contributed by atoms with E-state index in [4.69, 9.17) is 4.42 Å². The molecule has 4 rings (SSSR count). The van der Waals surface area contributed by atoms with Gasteiger partial charge in [0.15, 0.2) is 0 Å². The van der Waals surface area contributed by atoms with Gasteiger partial charge in [0, 0.05) is 15.7 Å². The zero-order valence-corrected chi connectivity index (χ0v) is 16.4. The number of hydrogen-bond acceptors (Lipinski definition) is 4. The van der Waals surface area contributed by atoms with Gasteiger partial charge in [0.2, 0.25) is 0 Å². The number of imide groups is 1. The van der Waals surface area contributed by atoms with Gasteiger partial charge in [0.1, 0.15) is 5.76 Å². The molecule has 1 aliphatic rings. The van der Waals surface area contributed by atoms with Gasteiger partial charge in [0.25, 0.3) is 17.7 Å². The maximum atomic E-state index is 12.7. The van der Waals surface area contributed by atoms with Crippen molar-refractivity contribution in [3.63, 3.8) is 0 Å². The maximum absolute atomic E-state index is 12.7. The molecule has 0 saturated carbocycles. The largest absolute Gasteiger partial charge is 0.467 e. The average Bonchev–Trinajstić information content (AvgIpc) is 3.28. The molecule has 0 radical (unpaired) electrons. The molecule has 0 atom stereocenters. The summed E-state index contributed by atoms with van der Waals surface area (Å²) in [7, 11) is 0. The molecule has 1 aliphatic heterocycles. The lowest BCUT2D eigenvalue weighted by Crippen LogP contribution is -2.28. The minimum atomic E-state index is -0.441. The minimum Gasteiger partial charge on any atom is -0.467 e. The van der Waals surface area contributed by atoms with Crippen molar-refractivity contribution < 1.29 is 18.8 Å². The van der Waals surface area contributed by atoms with E-state index in [-0.39, 0.29) is 23.6 Å². The zero-order valence-electron chi connectivity index (χ0n) is 14.9. The number of carbonyl (C=O) groups is 3. The number of halogens is 1. The van der Waals surface area contributed by atoms with E-state index in [2.05, 4.69) is 21.2 Å². The summed E-state index contributed by atoms with van der Waals surface area (Å²) in [5.41, 5.74) is 2.48. The van der Waals surface area contributed by atoms with Gasteiger partial charge in [-0.1, -0.05) is 22.0 Å². The van der Waals surface area contributed by atoms with E-state index in [9.17, 15) is 14.4 Å². The van der Waals surface area contributed by atoms with Crippen LogP contribution >= 0.6 is 15.9 Å². The lowest BCUT2D eigenvalue weighted by Gasteiger charge is -2.11. The number of nitrogens with zero attached hydrogens (tertiary/aromatic N) is 1. The van der Waals surface area contributed by atoms with E-state index in [0.717, 1.165) is 14.9 Å². The fraction of sp³-hybridized carbons (Fsp3) is 0.0952. The standard InChI is InChI=1S/C21H15BrN2O4/c1-12-4-6-14(10-18(12)22)23-19(25)13-5-7-16-17(9-13)21(27)24(20(16)26)11-15-3-2-8-28-15/h2-10H,11H2,1H3,(H,23,25). The summed E-state index contributed by atoms with van der Waals surface area (Å²) in [6.45, 7) is 2.01. The van der Waals surface area contributed by atoms with Crippen molar-refractivity contribution in [3.8, 4) is 0 Å². The number of fused-ring (bicyclic) bond motifs is 1. The number of furan rings is 1.